The summed E-state index contributed by atoms with van der Waals surface area (Å²) in [4.78, 5) is 5.63. The molecule has 1 fully saturated rings. The summed E-state index contributed by atoms with van der Waals surface area (Å²) in [7, 11) is 2.12. The summed E-state index contributed by atoms with van der Waals surface area (Å²) < 4.78 is 0. The number of rotatable bonds is 5. The van der Waals surface area contributed by atoms with Crippen LogP contribution in [0.15, 0.2) is 65.0 Å². The van der Waals surface area contributed by atoms with E-state index in [0.29, 0.717) is 11.2 Å². The second-order valence-corrected chi connectivity index (χ2v) is 8.70. The number of hydrogen-bond acceptors (Lipinski definition) is 6. The van der Waals surface area contributed by atoms with E-state index in [9.17, 15) is 0 Å². The first kappa shape index (κ1) is 19.9. The quantitative estimate of drug-likeness (QED) is 0.457. The normalized spacial score (nSPS) is 14.9. The van der Waals surface area contributed by atoms with Crippen molar-refractivity contribution < 1.29 is 0 Å². The molecule has 0 radical (unpaired) electrons. The van der Waals surface area contributed by atoms with E-state index in [-0.39, 0.29) is 0 Å². The molecule has 150 valence electrons. The lowest BCUT2D eigenvalue weighted by Gasteiger charge is -2.38. The molecule has 0 unspecified atom stereocenters. The fourth-order valence-corrected chi connectivity index (χ4v) is 4.81. The third-order valence-corrected chi connectivity index (χ3v) is 6.87. The Bertz CT molecular complexity index is 1030. The highest BCUT2D eigenvalue weighted by atomic mass is 35.5. The molecule has 2 N–H and O–H groups in total. The van der Waals surface area contributed by atoms with E-state index in [4.69, 9.17) is 17.3 Å². The maximum Gasteiger partial charge on any atom is 0.159 e. The zero-order valence-corrected chi connectivity index (χ0v) is 18.0. The fraction of sp³-hybridized carbons (Fsp3) is 0.273. The first-order chi connectivity index (χ1) is 14.0. The molecule has 1 aliphatic heterocycles. The Morgan fingerprint density at radius 2 is 1.76 bits per heavy atom. The maximum atomic E-state index is 6.23. The van der Waals surface area contributed by atoms with E-state index in [0.717, 1.165) is 58.1 Å². The van der Waals surface area contributed by atoms with Crippen molar-refractivity contribution in [3.05, 3.63) is 65.3 Å². The van der Waals surface area contributed by atoms with Crippen LogP contribution in [0.5, 0.6) is 0 Å². The van der Waals surface area contributed by atoms with Gasteiger partial charge < -0.3 is 15.5 Å². The van der Waals surface area contributed by atoms with Gasteiger partial charge in [0.1, 0.15) is 0 Å². The van der Waals surface area contributed by atoms with Crippen molar-refractivity contribution >= 4 is 45.6 Å². The maximum absolute atomic E-state index is 6.23. The van der Waals surface area contributed by atoms with Crippen molar-refractivity contribution in [1.29, 1.82) is 0 Å². The van der Waals surface area contributed by atoms with Gasteiger partial charge in [-0.25, -0.2) is 0 Å². The van der Waals surface area contributed by atoms with Crippen LogP contribution in [0, 0.1) is 0 Å². The SMILES string of the molecule is C=C(Sc1ccccc1N)N(C)C1CCN(c2nnc(Cl)c3ccccc23)CC1. The lowest BCUT2D eigenvalue weighted by atomic mass is 10.0. The molecule has 0 spiro atoms. The summed E-state index contributed by atoms with van der Waals surface area (Å²) in [6.45, 7) is 6.11. The highest BCUT2D eigenvalue weighted by molar-refractivity contribution is 8.03. The number of anilines is 2. The Hall–Kier alpha value is -2.44. The summed E-state index contributed by atoms with van der Waals surface area (Å²) in [6, 6.07) is 16.4. The molecule has 7 heteroatoms. The Morgan fingerprint density at radius 3 is 2.48 bits per heavy atom. The van der Waals surface area contributed by atoms with Crippen LogP contribution in [-0.2, 0) is 0 Å². The topological polar surface area (TPSA) is 58.3 Å². The largest absolute Gasteiger partial charge is 0.398 e. The predicted molar refractivity (Wildman–Crippen MR) is 123 cm³/mol. The molecule has 2 heterocycles. The lowest BCUT2D eigenvalue weighted by Crippen LogP contribution is -2.43. The number of benzene rings is 2. The predicted octanol–water partition coefficient (Wildman–Crippen LogP) is 5.03. The van der Waals surface area contributed by atoms with Gasteiger partial charge in [0.25, 0.3) is 0 Å². The number of aromatic nitrogens is 2. The summed E-state index contributed by atoms with van der Waals surface area (Å²) in [6.07, 6.45) is 2.05. The number of para-hydroxylation sites is 1. The van der Waals surface area contributed by atoms with E-state index < -0.39 is 0 Å². The van der Waals surface area contributed by atoms with Crippen LogP contribution in [-0.4, -0.2) is 41.3 Å². The molecular formula is C22H24ClN5S. The van der Waals surface area contributed by atoms with Crippen LogP contribution >= 0.6 is 23.4 Å². The minimum atomic E-state index is 0.433. The molecule has 1 saturated heterocycles. The zero-order valence-electron chi connectivity index (χ0n) is 16.4. The molecule has 3 aromatic rings. The molecule has 1 aromatic heterocycles. The van der Waals surface area contributed by atoms with E-state index >= 15 is 0 Å². The first-order valence-corrected chi connectivity index (χ1v) is 10.8. The average molecular weight is 426 g/mol. The van der Waals surface area contributed by atoms with Gasteiger partial charge in [-0.05, 0) is 25.0 Å². The minimum absolute atomic E-state index is 0.433. The lowest BCUT2D eigenvalue weighted by molar-refractivity contribution is 0.272. The molecule has 0 bridgehead atoms. The van der Waals surface area contributed by atoms with Gasteiger partial charge in [0.2, 0.25) is 0 Å². The van der Waals surface area contributed by atoms with Gasteiger partial charge >= 0.3 is 0 Å². The summed E-state index contributed by atoms with van der Waals surface area (Å²) in [5.74, 6) is 0.913. The van der Waals surface area contributed by atoms with Crippen molar-refractivity contribution in [3.8, 4) is 0 Å². The van der Waals surface area contributed by atoms with E-state index in [1.165, 1.54) is 0 Å². The molecule has 0 atom stereocenters. The summed E-state index contributed by atoms with van der Waals surface area (Å²) in [5.41, 5.74) is 6.86. The smallest absolute Gasteiger partial charge is 0.159 e. The summed E-state index contributed by atoms with van der Waals surface area (Å²) >= 11 is 7.85. The van der Waals surface area contributed by atoms with Crippen molar-refractivity contribution in [2.75, 3.05) is 30.8 Å². The average Bonchev–Trinajstić information content (AvgIpc) is 2.75. The molecule has 2 aromatic carbocycles. The standard InChI is InChI=1S/C22H24ClN5S/c1-15(29-20-10-6-5-9-19(20)24)27(2)16-11-13-28(14-12-16)22-18-8-4-3-7-17(18)21(23)25-26-22/h3-10,16H,1,11-14,24H2,2H3. The van der Waals surface area contributed by atoms with E-state index in [1.807, 2.05) is 42.5 Å². The van der Waals surface area contributed by atoms with Gasteiger partial charge in [-0.1, -0.05) is 66.3 Å². The number of nitrogen functional groups attached to an aromatic ring is 1. The minimum Gasteiger partial charge on any atom is -0.398 e. The summed E-state index contributed by atoms with van der Waals surface area (Å²) in [5, 5.41) is 12.0. The number of hydrogen-bond donors (Lipinski definition) is 1. The molecule has 0 aliphatic carbocycles. The molecule has 1 aliphatic rings. The van der Waals surface area contributed by atoms with E-state index in [2.05, 4.69) is 39.7 Å². The Morgan fingerprint density at radius 1 is 1.10 bits per heavy atom. The highest BCUT2D eigenvalue weighted by Gasteiger charge is 2.26. The molecule has 0 saturated carbocycles. The van der Waals surface area contributed by atoms with Gasteiger partial charge in [-0.15, -0.1) is 10.2 Å². The number of thioether (sulfide) groups is 1. The third-order valence-electron chi connectivity index (χ3n) is 5.47. The molecule has 5 nitrogen and oxygen atoms in total. The van der Waals surface area contributed by atoms with Gasteiger partial charge in [0.05, 0.1) is 5.03 Å². The number of nitrogens with two attached hydrogens (primary N) is 1. The zero-order chi connectivity index (χ0) is 20.4. The molecular weight excluding hydrogens is 402 g/mol. The van der Waals surface area contributed by atoms with Crippen LogP contribution in [0.4, 0.5) is 11.5 Å². The van der Waals surface area contributed by atoms with Gasteiger partial charge in [-0.2, -0.15) is 0 Å². The van der Waals surface area contributed by atoms with E-state index in [1.54, 1.807) is 11.8 Å². The van der Waals surface area contributed by atoms with Crippen LogP contribution in [0.1, 0.15) is 12.8 Å². The van der Waals surface area contributed by atoms with Crippen LogP contribution in [0.3, 0.4) is 0 Å². The molecule has 0 amide bonds. The van der Waals surface area contributed by atoms with Crippen LogP contribution in [0.25, 0.3) is 10.8 Å². The van der Waals surface area contributed by atoms with Crippen molar-refractivity contribution in [2.45, 2.75) is 23.8 Å². The monoisotopic (exact) mass is 425 g/mol. The van der Waals surface area contributed by atoms with Crippen molar-refractivity contribution in [3.63, 3.8) is 0 Å². The number of fused-ring (bicyclic) bond motifs is 1. The van der Waals surface area contributed by atoms with Gasteiger partial charge in [-0.3, -0.25) is 0 Å². The van der Waals surface area contributed by atoms with Crippen LogP contribution in [0.2, 0.25) is 5.15 Å². The van der Waals surface area contributed by atoms with Crippen molar-refractivity contribution in [2.24, 2.45) is 0 Å². The highest BCUT2D eigenvalue weighted by Crippen LogP contribution is 2.35. The number of nitrogens with zero attached hydrogens (tertiary/aromatic N) is 4. The Kier molecular flexibility index (Phi) is 5.83. The van der Waals surface area contributed by atoms with Gasteiger partial charge in [0.15, 0.2) is 11.0 Å². The fourth-order valence-electron chi connectivity index (χ4n) is 3.73. The number of halogens is 1. The van der Waals surface area contributed by atoms with Gasteiger partial charge in [0, 0.05) is 47.5 Å². The third kappa shape index (κ3) is 4.14. The Labute approximate surface area is 180 Å². The van der Waals surface area contributed by atoms with Crippen molar-refractivity contribution in [1.82, 2.24) is 15.1 Å². The molecule has 4 rings (SSSR count). The number of piperidine rings is 1. The van der Waals surface area contributed by atoms with Crippen LogP contribution < -0.4 is 10.6 Å². The molecule has 29 heavy (non-hydrogen) atoms. The Balaban J connectivity index is 1.43. The first-order valence-electron chi connectivity index (χ1n) is 9.64. The second kappa shape index (κ2) is 8.51. The second-order valence-electron chi connectivity index (χ2n) is 7.22.